The van der Waals surface area contributed by atoms with Gasteiger partial charge in [-0.3, -0.25) is 0 Å². The van der Waals surface area contributed by atoms with Crippen LogP contribution in [-0.2, 0) is 4.74 Å². The SMILES string of the molecule is COC(C)(C)CC(C)NC(C)c1ncc(C)o1. The zero-order chi connectivity index (χ0) is 13.1. The van der Waals surface area contributed by atoms with Crippen molar-refractivity contribution in [1.29, 1.82) is 0 Å². The van der Waals surface area contributed by atoms with Crippen molar-refractivity contribution in [3.05, 3.63) is 17.8 Å². The minimum Gasteiger partial charge on any atom is -0.444 e. The zero-order valence-electron chi connectivity index (χ0n) is 11.7. The van der Waals surface area contributed by atoms with Crippen molar-refractivity contribution in [1.82, 2.24) is 10.3 Å². The summed E-state index contributed by atoms with van der Waals surface area (Å²) in [6.07, 6.45) is 2.69. The first-order valence-electron chi connectivity index (χ1n) is 6.07. The van der Waals surface area contributed by atoms with Crippen molar-refractivity contribution in [2.45, 2.75) is 58.7 Å². The predicted octanol–water partition coefficient (Wildman–Crippen LogP) is 2.84. The van der Waals surface area contributed by atoms with Crippen LogP contribution in [0.25, 0.3) is 0 Å². The van der Waals surface area contributed by atoms with Crippen LogP contribution in [0, 0.1) is 6.92 Å². The van der Waals surface area contributed by atoms with Crippen molar-refractivity contribution >= 4 is 0 Å². The van der Waals surface area contributed by atoms with Gasteiger partial charge in [0.1, 0.15) is 5.76 Å². The van der Waals surface area contributed by atoms with Gasteiger partial charge in [0.05, 0.1) is 17.8 Å². The third-order valence-electron chi connectivity index (χ3n) is 2.89. The molecule has 1 aromatic heterocycles. The highest BCUT2D eigenvalue weighted by molar-refractivity contribution is 4.95. The van der Waals surface area contributed by atoms with E-state index in [0.29, 0.717) is 6.04 Å². The number of oxazole rings is 1. The Hall–Kier alpha value is -0.870. The van der Waals surface area contributed by atoms with Crippen LogP contribution >= 0.6 is 0 Å². The molecule has 0 spiro atoms. The number of nitrogens with one attached hydrogen (secondary N) is 1. The number of methoxy groups -OCH3 is 1. The smallest absolute Gasteiger partial charge is 0.211 e. The molecule has 0 fully saturated rings. The number of hydrogen-bond donors (Lipinski definition) is 1. The predicted molar refractivity (Wildman–Crippen MR) is 68.0 cm³/mol. The van der Waals surface area contributed by atoms with Crippen LogP contribution in [0.5, 0.6) is 0 Å². The molecule has 4 nitrogen and oxygen atoms in total. The monoisotopic (exact) mass is 240 g/mol. The van der Waals surface area contributed by atoms with Crippen LogP contribution in [0.2, 0.25) is 0 Å². The number of aromatic nitrogens is 1. The van der Waals surface area contributed by atoms with E-state index in [0.717, 1.165) is 18.1 Å². The maximum absolute atomic E-state index is 5.50. The summed E-state index contributed by atoms with van der Waals surface area (Å²) >= 11 is 0. The van der Waals surface area contributed by atoms with Gasteiger partial charge in [-0.25, -0.2) is 4.98 Å². The maximum Gasteiger partial charge on any atom is 0.211 e. The molecule has 1 heterocycles. The second-order valence-electron chi connectivity index (χ2n) is 5.27. The Morgan fingerprint density at radius 3 is 2.59 bits per heavy atom. The fourth-order valence-electron chi connectivity index (χ4n) is 1.95. The Kier molecular flexibility index (Phi) is 4.71. The lowest BCUT2D eigenvalue weighted by atomic mass is 9.99. The molecule has 0 saturated heterocycles. The summed E-state index contributed by atoms with van der Waals surface area (Å²) < 4.78 is 10.9. The quantitative estimate of drug-likeness (QED) is 0.830. The molecular formula is C13H24N2O2. The van der Waals surface area contributed by atoms with Crippen molar-refractivity contribution < 1.29 is 9.15 Å². The van der Waals surface area contributed by atoms with Crippen molar-refractivity contribution in [3.63, 3.8) is 0 Å². The molecule has 2 unspecified atom stereocenters. The van der Waals surface area contributed by atoms with Crippen LogP contribution in [-0.4, -0.2) is 23.7 Å². The second-order valence-corrected chi connectivity index (χ2v) is 5.27. The van der Waals surface area contributed by atoms with Gasteiger partial charge in [-0.05, 0) is 41.0 Å². The lowest BCUT2D eigenvalue weighted by Crippen LogP contribution is -2.37. The van der Waals surface area contributed by atoms with Gasteiger partial charge < -0.3 is 14.5 Å². The van der Waals surface area contributed by atoms with E-state index in [4.69, 9.17) is 9.15 Å². The molecule has 98 valence electrons. The highest BCUT2D eigenvalue weighted by atomic mass is 16.5. The molecule has 4 heteroatoms. The first-order valence-corrected chi connectivity index (χ1v) is 6.07. The Morgan fingerprint density at radius 1 is 1.47 bits per heavy atom. The molecule has 0 amide bonds. The molecule has 0 radical (unpaired) electrons. The molecule has 0 saturated carbocycles. The lowest BCUT2D eigenvalue weighted by Gasteiger charge is -2.28. The van der Waals surface area contributed by atoms with E-state index in [2.05, 4.69) is 38.0 Å². The average molecular weight is 240 g/mol. The summed E-state index contributed by atoms with van der Waals surface area (Å²) in [5.41, 5.74) is -0.112. The minimum absolute atomic E-state index is 0.112. The summed E-state index contributed by atoms with van der Waals surface area (Å²) in [4.78, 5) is 4.22. The molecular weight excluding hydrogens is 216 g/mol. The topological polar surface area (TPSA) is 47.3 Å². The van der Waals surface area contributed by atoms with E-state index < -0.39 is 0 Å². The van der Waals surface area contributed by atoms with Gasteiger partial charge in [-0.1, -0.05) is 0 Å². The van der Waals surface area contributed by atoms with Crippen molar-refractivity contribution in [2.75, 3.05) is 7.11 Å². The van der Waals surface area contributed by atoms with Crippen LogP contribution in [0.15, 0.2) is 10.6 Å². The molecule has 1 aromatic rings. The Morgan fingerprint density at radius 2 is 2.12 bits per heavy atom. The highest BCUT2D eigenvalue weighted by Gasteiger charge is 2.22. The molecule has 0 aliphatic carbocycles. The van der Waals surface area contributed by atoms with Gasteiger partial charge in [0.15, 0.2) is 0 Å². The van der Waals surface area contributed by atoms with E-state index in [1.807, 2.05) is 6.92 Å². The van der Waals surface area contributed by atoms with Gasteiger partial charge >= 0.3 is 0 Å². The van der Waals surface area contributed by atoms with Crippen LogP contribution in [0.4, 0.5) is 0 Å². The fraction of sp³-hybridized carbons (Fsp3) is 0.769. The zero-order valence-corrected chi connectivity index (χ0v) is 11.7. The van der Waals surface area contributed by atoms with Crippen LogP contribution < -0.4 is 5.32 Å². The highest BCUT2D eigenvalue weighted by Crippen LogP contribution is 2.18. The molecule has 0 bridgehead atoms. The first kappa shape index (κ1) is 14.2. The molecule has 0 aliphatic heterocycles. The summed E-state index contributed by atoms with van der Waals surface area (Å²) in [7, 11) is 1.74. The molecule has 0 aliphatic rings. The van der Waals surface area contributed by atoms with Gasteiger partial charge in [-0.2, -0.15) is 0 Å². The van der Waals surface area contributed by atoms with Crippen molar-refractivity contribution in [3.8, 4) is 0 Å². The Labute approximate surface area is 104 Å². The summed E-state index contributed by atoms with van der Waals surface area (Å²) in [6.45, 7) is 10.3. The van der Waals surface area contributed by atoms with Crippen LogP contribution in [0.3, 0.4) is 0 Å². The van der Waals surface area contributed by atoms with Crippen LogP contribution in [0.1, 0.15) is 51.8 Å². The molecule has 0 aromatic carbocycles. The lowest BCUT2D eigenvalue weighted by molar-refractivity contribution is 0.00756. The molecule has 17 heavy (non-hydrogen) atoms. The molecule has 2 atom stereocenters. The third-order valence-corrected chi connectivity index (χ3v) is 2.89. The largest absolute Gasteiger partial charge is 0.444 e. The third kappa shape index (κ3) is 4.48. The number of rotatable bonds is 6. The number of aryl methyl sites for hydroxylation is 1. The summed E-state index contributed by atoms with van der Waals surface area (Å²) in [5, 5.41) is 3.46. The Bertz CT molecular complexity index is 347. The molecule has 1 N–H and O–H groups in total. The van der Waals surface area contributed by atoms with E-state index >= 15 is 0 Å². The maximum atomic E-state index is 5.50. The van der Waals surface area contributed by atoms with Crippen molar-refractivity contribution in [2.24, 2.45) is 0 Å². The number of nitrogens with zero attached hydrogens (tertiary/aromatic N) is 1. The summed E-state index contributed by atoms with van der Waals surface area (Å²) in [5.74, 6) is 1.59. The minimum atomic E-state index is -0.112. The fourth-order valence-corrected chi connectivity index (χ4v) is 1.95. The van der Waals surface area contributed by atoms with Gasteiger partial charge in [0, 0.05) is 13.2 Å². The Balaban J connectivity index is 2.49. The van der Waals surface area contributed by atoms with E-state index in [1.165, 1.54) is 0 Å². The van der Waals surface area contributed by atoms with Gasteiger partial charge in [0.2, 0.25) is 5.89 Å². The number of hydrogen-bond acceptors (Lipinski definition) is 4. The normalized spacial score (nSPS) is 15.9. The average Bonchev–Trinajstić information content (AvgIpc) is 2.64. The molecule has 1 rings (SSSR count). The van der Waals surface area contributed by atoms with E-state index in [-0.39, 0.29) is 11.6 Å². The van der Waals surface area contributed by atoms with Gasteiger partial charge in [0.25, 0.3) is 0 Å². The summed E-state index contributed by atoms with van der Waals surface area (Å²) in [6, 6.07) is 0.457. The second kappa shape index (κ2) is 5.65. The van der Waals surface area contributed by atoms with Gasteiger partial charge in [-0.15, -0.1) is 0 Å². The standard InChI is InChI=1S/C13H24N2O2/c1-9(7-13(4,5)16-6)15-11(3)12-14-8-10(2)17-12/h8-9,11,15H,7H2,1-6H3. The first-order chi connectivity index (χ1) is 7.84. The number of ether oxygens (including phenoxy) is 1. The van der Waals surface area contributed by atoms with E-state index in [9.17, 15) is 0 Å². The van der Waals surface area contributed by atoms with E-state index in [1.54, 1.807) is 13.3 Å².